The predicted octanol–water partition coefficient (Wildman–Crippen LogP) is 9.17. The predicted molar refractivity (Wildman–Crippen MR) is 242 cm³/mol. The van der Waals surface area contributed by atoms with Gasteiger partial charge in [0.1, 0.15) is 24.7 Å². The Balaban J connectivity index is 1.04. The van der Waals surface area contributed by atoms with Gasteiger partial charge in [-0.25, -0.2) is 9.59 Å². The molecule has 0 aliphatic carbocycles. The van der Waals surface area contributed by atoms with Crippen LogP contribution in [0.15, 0.2) is 182 Å². The van der Waals surface area contributed by atoms with Crippen LogP contribution in [-0.2, 0) is 42.7 Å². The number of carbonyl (C=O) groups is 2. The summed E-state index contributed by atoms with van der Waals surface area (Å²) in [6.07, 6.45) is 3.45. The number of benzene rings is 6. The quantitative estimate of drug-likeness (QED) is 0.0483. The SMILES string of the molecule is CN(CCc1ccccc1)C(CC1(c2ccccc2)COc2ccccc21)OC(=O)/C=C/C(=O)OC(CC1(c2ccccc2)COc2ccccc21)N(C)CCc1ccccc1. The molecule has 2 heterocycles. The molecule has 6 aromatic rings. The van der Waals surface area contributed by atoms with Crippen molar-refractivity contribution < 1.29 is 28.5 Å². The first-order chi connectivity index (χ1) is 30.3. The van der Waals surface area contributed by atoms with Gasteiger partial charge in [-0.3, -0.25) is 9.80 Å². The lowest BCUT2D eigenvalue weighted by molar-refractivity contribution is -0.156. The highest BCUT2D eigenvalue weighted by atomic mass is 16.6. The van der Waals surface area contributed by atoms with Gasteiger partial charge >= 0.3 is 11.9 Å². The zero-order chi connectivity index (χ0) is 42.8. The molecule has 0 radical (unpaired) electrons. The average molecular weight is 827 g/mol. The molecule has 8 heteroatoms. The number of fused-ring (bicyclic) bond motifs is 2. The van der Waals surface area contributed by atoms with Crippen LogP contribution in [0.4, 0.5) is 0 Å². The summed E-state index contributed by atoms with van der Waals surface area (Å²) in [7, 11) is 3.95. The van der Waals surface area contributed by atoms with Gasteiger partial charge in [-0.2, -0.15) is 0 Å². The normalized spacial score (nSPS) is 18.7. The number of ether oxygens (including phenoxy) is 4. The van der Waals surface area contributed by atoms with Crippen LogP contribution in [0.1, 0.15) is 46.2 Å². The molecule has 0 fully saturated rings. The minimum absolute atomic E-state index is 0.401. The van der Waals surface area contributed by atoms with E-state index in [4.69, 9.17) is 18.9 Å². The first-order valence-corrected chi connectivity index (χ1v) is 21.5. The lowest BCUT2D eigenvalue weighted by Gasteiger charge is -2.36. The van der Waals surface area contributed by atoms with Gasteiger partial charge in [0.05, 0.1) is 10.8 Å². The van der Waals surface area contributed by atoms with Gasteiger partial charge in [-0.15, -0.1) is 0 Å². The van der Waals surface area contributed by atoms with E-state index in [1.54, 1.807) is 0 Å². The van der Waals surface area contributed by atoms with Crippen LogP contribution in [0.3, 0.4) is 0 Å². The second kappa shape index (κ2) is 19.5. The van der Waals surface area contributed by atoms with Crippen LogP contribution in [-0.4, -0.2) is 74.6 Å². The zero-order valence-electron chi connectivity index (χ0n) is 35.5. The van der Waals surface area contributed by atoms with E-state index in [-0.39, 0.29) is 0 Å². The summed E-state index contributed by atoms with van der Waals surface area (Å²) in [6, 6.07) is 57.2. The fourth-order valence-corrected chi connectivity index (χ4v) is 8.94. The number of hydrogen-bond acceptors (Lipinski definition) is 8. The number of carbonyl (C=O) groups excluding carboxylic acids is 2. The summed E-state index contributed by atoms with van der Waals surface area (Å²) in [5.41, 5.74) is 5.46. The molecular formula is C54H54N2O6. The first-order valence-electron chi connectivity index (χ1n) is 21.5. The fraction of sp³-hybridized carbons (Fsp3) is 0.259. The monoisotopic (exact) mass is 826 g/mol. The fourth-order valence-electron chi connectivity index (χ4n) is 8.94. The largest absolute Gasteiger partial charge is 0.492 e. The van der Waals surface area contributed by atoms with Crippen LogP contribution in [0.5, 0.6) is 11.5 Å². The van der Waals surface area contributed by atoms with Crippen molar-refractivity contribution >= 4 is 11.9 Å². The summed E-state index contributed by atoms with van der Waals surface area (Å²) in [5.74, 6) is 0.366. The van der Waals surface area contributed by atoms with Gasteiger partial charge in [0.25, 0.3) is 0 Å². The number of para-hydroxylation sites is 2. The summed E-state index contributed by atoms with van der Waals surface area (Å²) in [5, 5.41) is 0. The van der Waals surface area contributed by atoms with Crippen LogP contribution in [0.2, 0.25) is 0 Å². The van der Waals surface area contributed by atoms with Gasteiger partial charge in [-0.05, 0) is 61.3 Å². The minimum atomic E-state index is -0.660. The van der Waals surface area contributed by atoms with E-state index in [2.05, 4.69) is 70.5 Å². The molecular weight excluding hydrogens is 773 g/mol. The smallest absolute Gasteiger partial charge is 0.332 e. The summed E-state index contributed by atoms with van der Waals surface area (Å²) < 4.78 is 25.3. The number of esters is 2. The first kappa shape index (κ1) is 42.2. The molecule has 4 atom stereocenters. The van der Waals surface area contributed by atoms with E-state index in [1.165, 1.54) is 23.3 Å². The summed E-state index contributed by atoms with van der Waals surface area (Å²) >= 11 is 0. The van der Waals surface area contributed by atoms with Crippen LogP contribution in [0, 0.1) is 0 Å². The van der Waals surface area contributed by atoms with Crippen LogP contribution >= 0.6 is 0 Å². The molecule has 0 amide bonds. The third kappa shape index (κ3) is 9.52. The van der Waals surface area contributed by atoms with Crippen molar-refractivity contribution in [3.8, 4) is 11.5 Å². The van der Waals surface area contributed by atoms with Crippen molar-refractivity contribution in [2.45, 2.75) is 49.0 Å². The third-order valence-electron chi connectivity index (χ3n) is 12.5. The third-order valence-corrected chi connectivity index (χ3v) is 12.5. The van der Waals surface area contributed by atoms with Gasteiger partial charge < -0.3 is 18.9 Å². The van der Waals surface area contributed by atoms with Gasteiger partial charge in [0.15, 0.2) is 12.5 Å². The highest BCUT2D eigenvalue weighted by molar-refractivity contribution is 5.91. The second-order valence-electron chi connectivity index (χ2n) is 16.4. The van der Waals surface area contributed by atoms with Crippen molar-refractivity contribution in [1.29, 1.82) is 0 Å². The molecule has 0 spiro atoms. The second-order valence-corrected chi connectivity index (χ2v) is 16.4. The Bertz CT molecular complexity index is 2260. The molecule has 0 bridgehead atoms. The minimum Gasteiger partial charge on any atom is -0.492 e. The van der Waals surface area contributed by atoms with Gasteiger partial charge in [0, 0.05) is 49.2 Å². The topological polar surface area (TPSA) is 77.5 Å². The van der Waals surface area contributed by atoms with Crippen molar-refractivity contribution in [1.82, 2.24) is 9.80 Å². The maximum absolute atomic E-state index is 13.9. The lowest BCUT2D eigenvalue weighted by atomic mass is 9.73. The van der Waals surface area contributed by atoms with Crippen LogP contribution in [0.25, 0.3) is 0 Å². The Kier molecular flexibility index (Phi) is 13.3. The number of hydrogen-bond donors (Lipinski definition) is 0. The van der Waals surface area contributed by atoms with E-state index in [0.717, 1.165) is 46.6 Å². The molecule has 2 aliphatic heterocycles. The molecule has 8 nitrogen and oxygen atoms in total. The van der Waals surface area contributed by atoms with E-state index >= 15 is 0 Å². The van der Waals surface area contributed by atoms with E-state index in [0.29, 0.717) is 39.1 Å². The zero-order valence-corrected chi connectivity index (χ0v) is 35.5. The van der Waals surface area contributed by atoms with E-state index < -0.39 is 35.2 Å². The van der Waals surface area contributed by atoms with Crippen molar-refractivity contribution in [3.05, 3.63) is 215 Å². The Morgan fingerprint density at radius 3 is 1.24 bits per heavy atom. The maximum Gasteiger partial charge on any atom is 0.332 e. The summed E-state index contributed by atoms with van der Waals surface area (Å²) in [6.45, 7) is 2.07. The highest BCUT2D eigenvalue weighted by Crippen LogP contribution is 2.48. The number of likely N-dealkylation sites (N-methyl/N-ethyl adjacent to an activating group) is 2. The molecule has 62 heavy (non-hydrogen) atoms. The molecule has 6 aromatic carbocycles. The molecule has 0 saturated carbocycles. The summed E-state index contributed by atoms with van der Waals surface area (Å²) in [4.78, 5) is 32.0. The molecule has 2 aliphatic rings. The molecule has 8 rings (SSSR count). The standard InChI is InChI=1S/C54H54N2O6/c1-55(35-33-41-19-7-3-8-20-41)49(37-53(43-23-11-5-12-24-43)39-59-47-29-17-15-27-45(47)53)61-51(57)31-32-52(58)62-50(56(2)36-34-42-21-9-4-10-22-42)38-54(44-25-13-6-14-26-44)40-60-48-30-18-16-28-46(48)54/h3-32,49-50H,33-40H2,1-2H3/b32-31+. The Labute approximate surface area is 365 Å². The Morgan fingerprint density at radius 1 is 0.516 bits per heavy atom. The van der Waals surface area contributed by atoms with E-state index in [1.807, 2.05) is 123 Å². The van der Waals surface area contributed by atoms with Gasteiger partial charge in [-0.1, -0.05) is 158 Å². The van der Waals surface area contributed by atoms with Crippen molar-refractivity contribution in [2.75, 3.05) is 40.4 Å². The Hall–Kier alpha value is -6.48. The van der Waals surface area contributed by atoms with Crippen molar-refractivity contribution in [2.24, 2.45) is 0 Å². The average Bonchev–Trinajstić information content (AvgIpc) is 3.89. The van der Waals surface area contributed by atoms with Crippen LogP contribution < -0.4 is 9.47 Å². The molecule has 0 aromatic heterocycles. The molecule has 316 valence electrons. The molecule has 0 saturated heterocycles. The van der Waals surface area contributed by atoms with Gasteiger partial charge in [0.2, 0.25) is 0 Å². The number of rotatable bonds is 18. The maximum atomic E-state index is 13.9. The van der Waals surface area contributed by atoms with E-state index in [9.17, 15) is 9.59 Å². The number of nitrogens with zero attached hydrogens (tertiary/aromatic N) is 2. The Morgan fingerprint density at radius 2 is 0.855 bits per heavy atom. The molecule has 4 unspecified atom stereocenters. The highest BCUT2D eigenvalue weighted by Gasteiger charge is 2.47. The molecule has 0 N–H and O–H groups in total. The lowest BCUT2D eigenvalue weighted by Crippen LogP contribution is -2.44. The van der Waals surface area contributed by atoms with Crippen molar-refractivity contribution in [3.63, 3.8) is 0 Å².